The van der Waals surface area contributed by atoms with Gasteiger partial charge in [0.2, 0.25) is 0 Å². The standard InChI is InChI=1S/C38H33FN2O4S/c39-33-24-14-13-23-31(33)37(41-36(46)40-34(43)27-15-5-1-6-16-27)26-44-35(32(37)25-42)45-38(28-17-7-2-8-18-28,29-19-9-3-10-20-29)30-21-11-4-12-22-30/h1-24,32,35,42H,25-26H2,(H2,40,41,43,46). The Balaban J connectivity index is 1.43. The Hall–Kier alpha value is -4.73. The smallest absolute Gasteiger partial charge is 0.257 e. The van der Waals surface area contributed by atoms with Gasteiger partial charge in [0.05, 0.1) is 19.1 Å². The molecule has 0 radical (unpaired) electrons. The molecule has 6 nitrogen and oxygen atoms in total. The van der Waals surface area contributed by atoms with Gasteiger partial charge < -0.3 is 19.9 Å². The van der Waals surface area contributed by atoms with Crippen molar-refractivity contribution in [3.8, 4) is 0 Å². The largest absolute Gasteiger partial charge is 0.396 e. The number of halogens is 1. The number of ether oxygens (including phenoxy) is 2. The molecule has 1 aliphatic rings. The summed E-state index contributed by atoms with van der Waals surface area (Å²) in [6, 6.07) is 44.3. The Kier molecular flexibility index (Phi) is 9.33. The molecule has 5 aromatic rings. The van der Waals surface area contributed by atoms with E-state index >= 15 is 4.39 Å². The van der Waals surface area contributed by atoms with Gasteiger partial charge in [0.15, 0.2) is 11.4 Å². The molecule has 1 heterocycles. The van der Waals surface area contributed by atoms with Crippen molar-refractivity contribution >= 4 is 23.2 Å². The molecule has 232 valence electrons. The summed E-state index contributed by atoms with van der Waals surface area (Å²) in [5.74, 6) is -1.81. The van der Waals surface area contributed by atoms with Crippen LogP contribution < -0.4 is 10.6 Å². The van der Waals surface area contributed by atoms with Gasteiger partial charge in [-0.05, 0) is 47.1 Å². The lowest BCUT2D eigenvalue weighted by molar-refractivity contribution is -0.187. The highest BCUT2D eigenvalue weighted by molar-refractivity contribution is 7.80. The number of carbonyl (C=O) groups is 1. The highest BCUT2D eigenvalue weighted by Crippen LogP contribution is 2.47. The average molecular weight is 633 g/mol. The maximum absolute atomic E-state index is 15.7. The number of hydrogen-bond acceptors (Lipinski definition) is 5. The predicted molar refractivity (Wildman–Crippen MR) is 178 cm³/mol. The van der Waals surface area contributed by atoms with E-state index in [-0.39, 0.29) is 17.3 Å². The van der Waals surface area contributed by atoms with Gasteiger partial charge in [0, 0.05) is 11.1 Å². The maximum Gasteiger partial charge on any atom is 0.257 e. The zero-order chi connectivity index (χ0) is 32.0. The van der Waals surface area contributed by atoms with Crippen molar-refractivity contribution in [3.05, 3.63) is 179 Å². The highest BCUT2D eigenvalue weighted by atomic mass is 32.1. The molecule has 0 saturated carbocycles. The molecule has 5 aromatic carbocycles. The molecular formula is C38H33FN2O4S. The minimum Gasteiger partial charge on any atom is -0.396 e. The van der Waals surface area contributed by atoms with Gasteiger partial charge in [0.1, 0.15) is 17.0 Å². The first-order valence-electron chi connectivity index (χ1n) is 15.0. The molecule has 3 atom stereocenters. The first-order chi connectivity index (χ1) is 22.5. The summed E-state index contributed by atoms with van der Waals surface area (Å²) < 4.78 is 29.2. The van der Waals surface area contributed by atoms with Crippen LogP contribution in [0.15, 0.2) is 146 Å². The summed E-state index contributed by atoms with van der Waals surface area (Å²) in [5, 5.41) is 16.9. The van der Waals surface area contributed by atoms with Crippen LogP contribution in [0.5, 0.6) is 0 Å². The van der Waals surface area contributed by atoms with E-state index in [2.05, 4.69) is 10.6 Å². The summed E-state index contributed by atoms with van der Waals surface area (Å²) in [6.45, 7) is -0.560. The van der Waals surface area contributed by atoms with Crippen LogP contribution in [0.25, 0.3) is 0 Å². The van der Waals surface area contributed by atoms with E-state index in [1.807, 2.05) is 97.1 Å². The van der Waals surface area contributed by atoms with Crippen molar-refractivity contribution in [2.24, 2.45) is 5.92 Å². The number of carbonyl (C=O) groups excluding carboxylic acids is 1. The van der Waals surface area contributed by atoms with Gasteiger partial charge in [-0.2, -0.15) is 0 Å². The summed E-state index contributed by atoms with van der Waals surface area (Å²) in [6.07, 6.45) is -1.05. The number of benzene rings is 5. The van der Waals surface area contributed by atoms with Crippen LogP contribution in [0.2, 0.25) is 0 Å². The fraction of sp³-hybridized carbons (Fsp3) is 0.158. The molecule has 3 N–H and O–H groups in total. The quantitative estimate of drug-likeness (QED) is 0.131. The molecular weight excluding hydrogens is 599 g/mol. The zero-order valence-corrected chi connectivity index (χ0v) is 25.7. The van der Waals surface area contributed by atoms with E-state index in [4.69, 9.17) is 21.7 Å². The van der Waals surface area contributed by atoms with Gasteiger partial charge in [-0.15, -0.1) is 0 Å². The number of rotatable bonds is 9. The molecule has 1 aliphatic heterocycles. The molecule has 8 heteroatoms. The van der Waals surface area contributed by atoms with Crippen molar-refractivity contribution in [1.82, 2.24) is 10.6 Å². The van der Waals surface area contributed by atoms with Crippen LogP contribution in [-0.2, 0) is 20.6 Å². The Morgan fingerprint density at radius 1 is 0.804 bits per heavy atom. The summed E-state index contributed by atoms with van der Waals surface area (Å²) in [7, 11) is 0. The van der Waals surface area contributed by atoms with Gasteiger partial charge in [-0.25, -0.2) is 4.39 Å². The summed E-state index contributed by atoms with van der Waals surface area (Å²) >= 11 is 5.62. The van der Waals surface area contributed by atoms with Crippen LogP contribution in [0.1, 0.15) is 32.6 Å². The summed E-state index contributed by atoms with van der Waals surface area (Å²) in [4.78, 5) is 13.0. The van der Waals surface area contributed by atoms with Crippen molar-refractivity contribution in [2.75, 3.05) is 13.2 Å². The molecule has 0 spiro atoms. The van der Waals surface area contributed by atoms with E-state index < -0.39 is 41.7 Å². The van der Waals surface area contributed by atoms with Gasteiger partial charge in [-0.3, -0.25) is 10.1 Å². The first kappa shape index (κ1) is 31.3. The molecule has 0 aromatic heterocycles. The second kappa shape index (κ2) is 13.7. The van der Waals surface area contributed by atoms with Crippen molar-refractivity contribution in [2.45, 2.75) is 17.4 Å². The summed E-state index contributed by atoms with van der Waals surface area (Å²) in [5.41, 5.74) is 0.587. The predicted octanol–water partition coefficient (Wildman–Crippen LogP) is 6.30. The van der Waals surface area contributed by atoms with Crippen molar-refractivity contribution < 1.29 is 23.8 Å². The fourth-order valence-electron chi connectivity index (χ4n) is 6.22. The molecule has 6 rings (SSSR count). The second-order valence-corrected chi connectivity index (χ2v) is 11.5. The highest BCUT2D eigenvalue weighted by Gasteiger charge is 2.56. The zero-order valence-electron chi connectivity index (χ0n) is 24.9. The van der Waals surface area contributed by atoms with Crippen LogP contribution in [0, 0.1) is 11.7 Å². The number of nitrogens with one attached hydrogen (secondary N) is 2. The molecule has 46 heavy (non-hydrogen) atoms. The third kappa shape index (κ3) is 5.96. The van der Waals surface area contributed by atoms with Gasteiger partial charge >= 0.3 is 0 Å². The topological polar surface area (TPSA) is 79.8 Å². The number of hydrogen-bond donors (Lipinski definition) is 3. The molecule has 1 fully saturated rings. The number of aliphatic hydroxyl groups is 1. The Morgan fingerprint density at radius 2 is 1.28 bits per heavy atom. The van der Waals surface area contributed by atoms with E-state index in [1.54, 1.807) is 42.5 Å². The Labute approximate surface area is 272 Å². The molecule has 1 amide bonds. The SMILES string of the molecule is O=C(NC(=S)NC1(c2ccccc2F)COC(OC(c2ccccc2)(c2ccccc2)c2ccccc2)C1CO)c1ccccc1. The first-order valence-corrected chi connectivity index (χ1v) is 15.4. The van der Waals surface area contributed by atoms with E-state index in [1.165, 1.54) is 6.07 Å². The van der Waals surface area contributed by atoms with E-state index in [0.29, 0.717) is 5.56 Å². The fourth-order valence-corrected chi connectivity index (χ4v) is 6.49. The van der Waals surface area contributed by atoms with Crippen LogP contribution >= 0.6 is 12.2 Å². The Bertz CT molecular complexity index is 1680. The normalized spacial score (nSPS) is 19.3. The van der Waals surface area contributed by atoms with Crippen LogP contribution in [-0.4, -0.2) is 35.6 Å². The second-order valence-electron chi connectivity index (χ2n) is 11.1. The van der Waals surface area contributed by atoms with Crippen molar-refractivity contribution in [1.29, 1.82) is 0 Å². The molecule has 1 saturated heterocycles. The lowest BCUT2D eigenvalue weighted by atomic mass is 9.78. The number of amides is 1. The lowest BCUT2D eigenvalue weighted by Gasteiger charge is -2.41. The monoisotopic (exact) mass is 632 g/mol. The van der Waals surface area contributed by atoms with Gasteiger partial charge in [0.25, 0.3) is 5.91 Å². The minimum atomic E-state index is -1.40. The van der Waals surface area contributed by atoms with E-state index in [0.717, 1.165) is 16.7 Å². The molecule has 3 unspecified atom stereocenters. The Morgan fingerprint density at radius 3 is 1.78 bits per heavy atom. The third-order valence-electron chi connectivity index (χ3n) is 8.42. The van der Waals surface area contributed by atoms with Crippen LogP contribution in [0.4, 0.5) is 4.39 Å². The van der Waals surface area contributed by atoms with Crippen molar-refractivity contribution in [3.63, 3.8) is 0 Å². The number of aliphatic hydroxyl groups excluding tert-OH is 1. The minimum absolute atomic E-state index is 0.0414. The average Bonchev–Trinajstić information content (AvgIpc) is 3.45. The third-order valence-corrected chi connectivity index (χ3v) is 8.63. The lowest BCUT2D eigenvalue weighted by Crippen LogP contribution is -2.57. The van der Waals surface area contributed by atoms with E-state index in [9.17, 15) is 9.90 Å². The van der Waals surface area contributed by atoms with Gasteiger partial charge in [-0.1, -0.05) is 127 Å². The maximum atomic E-state index is 15.7. The number of thiocarbonyl (C=S) groups is 1. The molecule has 0 bridgehead atoms. The van der Waals surface area contributed by atoms with Crippen LogP contribution in [0.3, 0.4) is 0 Å². The molecule has 0 aliphatic carbocycles.